The van der Waals surface area contributed by atoms with Crippen LogP contribution in [-0.2, 0) is 13.0 Å². The van der Waals surface area contributed by atoms with Crippen molar-refractivity contribution in [3.63, 3.8) is 0 Å². The van der Waals surface area contributed by atoms with E-state index in [1.807, 2.05) is 18.5 Å². The molecule has 1 heterocycles. The lowest BCUT2D eigenvalue weighted by molar-refractivity contribution is 0.230. The van der Waals surface area contributed by atoms with E-state index in [-0.39, 0.29) is 0 Å². The number of hydrogen-bond acceptors (Lipinski definition) is 2. The van der Waals surface area contributed by atoms with E-state index in [1.165, 1.54) is 22.3 Å². The first-order valence-electron chi connectivity index (χ1n) is 8.82. The number of rotatable bonds is 4. The summed E-state index contributed by atoms with van der Waals surface area (Å²) in [6, 6.07) is 14.6. The van der Waals surface area contributed by atoms with Crippen molar-refractivity contribution in [2.45, 2.75) is 39.8 Å². The summed E-state index contributed by atoms with van der Waals surface area (Å²) in [7, 11) is 0. The minimum absolute atomic E-state index is 0.462. The van der Waals surface area contributed by atoms with Gasteiger partial charge in [-0.15, -0.1) is 0 Å². The summed E-state index contributed by atoms with van der Waals surface area (Å²) in [4.78, 5) is 4.24. The normalized spacial score (nSPS) is 11.7. The molecule has 0 amide bonds. The van der Waals surface area contributed by atoms with E-state index in [2.05, 4.69) is 72.5 Å². The van der Waals surface area contributed by atoms with Crippen molar-refractivity contribution in [1.29, 1.82) is 0 Å². The van der Waals surface area contributed by atoms with Crippen molar-refractivity contribution in [1.82, 2.24) is 9.55 Å². The summed E-state index contributed by atoms with van der Waals surface area (Å²) in [6.45, 7) is 6.94. The number of aliphatic hydroxyl groups is 1. The molecule has 0 saturated carbocycles. The number of aliphatic hydroxyl groups excluding tert-OH is 1. The third-order valence-electron chi connectivity index (χ3n) is 4.24. The number of aryl methyl sites for hydroxylation is 3. The molecule has 0 saturated heterocycles. The first-order chi connectivity index (χ1) is 12.5. The summed E-state index contributed by atoms with van der Waals surface area (Å²) < 4.78 is 2.07. The lowest BCUT2D eigenvalue weighted by Crippen LogP contribution is -2.12. The van der Waals surface area contributed by atoms with E-state index in [0.717, 1.165) is 17.8 Å². The van der Waals surface area contributed by atoms with Crippen molar-refractivity contribution >= 4 is 0 Å². The van der Waals surface area contributed by atoms with Crippen molar-refractivity contribution in [3.8, 4) is 11.8 Å². The van der Waals surface area contributed by atoms with Crippen LogP contribution in [0.15, 0.2) is 55.0 Å². The van der Waals surface area contributed by atoms with Gasteiger partial charge >= 0.3 is 0 Å². The Morgan fingerprint density at radius 2 is 1.81 bits per heavy atom. The van der Waals surface area contributed by atoms with Gasteiger partial charge in [0, 0.05) is 30.4 Å². The minimum Gasteiger partial charge on any atom is -0.380 e. The Labute approximate surface area is 155 Å². The van der Waals surface area contributed by atoms with Crippen LogP contribution in [0.5, 0.6) is 0 Å². The highest BCUT2D eigenvalue weighted by molar-refractivity contribution is 5.40. The number of nitrogens with zero attached hydrogens (tertiary/aromatic N) is 2. The highest BCUT2D eigenvalue weighted by atomic mass is 16.3. The third kappa shape index (κ3) is 4.84. The molecular formula is C23H24N2O. The Morgan fingerprint density at radius 1 is 1.04 bits per heavy atom. The average Bonchev–Trinajstić information content (AvgIpc) is 2.99. The molecule has 3 rings (SSSR count). The van der Waals surface area contributed by atoms with E-state index in [0.29, 0.717) is 6.42 Å². The van der Waals surface area contributed by atoms with Gasteiger partial charge in [-0.2, -0.15) is 0 Å². The molecule has 1 unspecified atom stereocenters. The second-order valence-electron chi connectivity index (χ2n) is 6.87. The van der Waals surface area contributed by atoms with Crippen LogP contribution >= 0.6 is 0 Å². The van der Waals surface area contributed by atoms with E-state index < -0.39 is 6.10 Å². The molecule has 2 aromatic carbocycles. The zero-order valence-electron chi connectivity index (χ0n) is 15.5. The summed E-state index contributed by atoms with van der Waals surface area (Å²) >= 11 is 0. The SMILES string of the molecule is Cc1cc(C)cc(C#CC(O)Cc2cncn2Cc2cccc(C)c2)c1. The number of aromatic nitrogens is 2. The lowest BCUT2D eigenvalue weighted by atomic mass is 10.1. The summed E-state index contributed by atoms with van der Waals surface area (Å²) in [5, 5.41) is 10.3. The Morgan fingerprint density at radius 3 is 2.54 bits per heavy atom. The van der Waals surface area contributed by atoms with Gasteiger partial charge in [-0.3, -0.25) is 0 Å². The van der Waals surface area contributed by atoms with Gasteiger partial charge in [0.05, 0.1) is 6.33 Å². The molecule has 0 fully saturated rings. The number of hydrogen-bond donors (Lipinski definition) is 1. The van der Waals surface area contributed by atoms with E-state index in [1.54, 1.807) is 6.20 Å². The van der Waals surface area contributed by atoms with Gasteiger partial charge in [0.1, 0.15) is 6.10 Å². The molecule has 0 aliphatic rings. The quantitative estimate of drug-likeness (QED) is 0.731. The molecule has 1 aromatic heterocycles. The highest BCUT2D eigenvalue weighted by Crippen LogP contribution is 2.11. The second kappa shape index (κ2) is 8.03. The van der Waals surface area contributed by atoms with Crippen LogP contribution in [-0.4, -0.2) is 20.8 Å². The first-order valence-corrected chi connectivity index (χ1v) is 8.82. The zero-order chi connectivity index (χ0) is 18.5. The van der Waals surface area contributed by atoms with Crippen LogP contribution in [0, 0.1) is 32.6 Å². The van der Waals surface area contributed by atoms with Gasteiger partial charge in [0.15, 0.2) is 0 Å². The van der Waals surface area contributed by atoms with Crippen molar-refractivity contribution < 1.29 is 5.11 Å². The molecule has 3 heteroatoms. The van der Waals surface area contributed by atoms with Gasteiger partial charge in [0.25, 0.3) is 0 Å². The largest absolute Gasteiger partial charge is 0.380 e. The van der Waals surface area contributed by atoms with Gasteiger partial charge in [0.2, 0.25) is 0 Å². The molecule has 132 valence electrons. The van der Waals surface area contributed by atoms with Gasteiger partial charge in [-0.1, -0.05) is 47.7 Å². The maximum Gasteiger partial charge on any atom is 0.120 e. The minimum atomic E-state index is -0.719. The van der Waals surface area contributed by atoms with Crippen LogP contribution in [0.25, 0.3) is 0 Å². The predicted octanol–water partition coefficient (Wildman–Crippen LogP) is 3.81. The molecule has 1 atom stereocenters. The molecule has 3 nitrogen and oxygen atoms in total. The van der Waals surface area contributed by atoms with Crippen LogP contribution in [0.4, 0.5) is 0 Å². The van der Waals surface area contributed by atoms with Crippen molar-refractivity contribution in [2.24, 2.45) is 0 Å². The molecule has 0 radical (unpaired) electrons. The molecular weight excluding hydrogens is 320 g/mol. The summed E-state index contributed by atoms with van der Waals surface area (Å²) in [5.74, 6) is 6.04. The molecule has 3 aromatic rings. The molecule has 26 heavy (non-hydrogen) atoms. The molecule has 0 aliphatic carbocycles. The van der Waals surface area contributed by atoms with Gasteiger partial charge < -0.3 is 9.67 Å². The van der Waals surface area contributed by atoms with Crippen molar-refractivity contribution in [2.75, 3.05) is 0 Å². The van der Waals surface area contributed by atoms with Crippen molar-refractivity contribution in [3.05, 3.63) is 88.5 Å². The van der Waals surface area contributed by atoms with E-state index >= 15 is 0 Å². The monoisotopic (exact) mass is 344 g/mol. The topological polar surface area (TPSA) is 38.1 Å². The fraction of sp³-hybridized carbons (Fsp3) is 0.261. The Balaban J connectivity index is 1.70. The number of imidazole rings is 1. The summed E-state index contributed by atoms with van der Waals surface area (Å²) in [6.07, 6.45) is 3.35. The summed E-state index contributed by atoms with van der Waals surface area (Å²) in [5.41, 5.74) is 6.74. The lowest BCUT2D eigenvalue weighted by Gasteiger charge is -2.10. The average molecular weight is 344 g/mol. The smallest absolute Gasteiger partial charge is 0.120 e. The van der Waals surface area contributed by atoms with Gasteiger partial charge in [-0.05, 0) is 49.6 Å². The Hall–Kier alpha value is -2.83. The molecule has 0 bridgehead atoms. The third-order valence-corrected chi connectivity index (χ3v) is 4.24. The first kappa shape index (κ1) is 18.0. The fourth-order valence-corrected chi connectivity index (χ4v) is 3.13. The van der Waals surface area contributed by atoms with E-state index in [4.69, 9.17) is 0 Å². The maximum absolute atomic E-state index is 10.3. The van der Waals surface area contributed by atoms with E-state index in [9.17, 15) is 5.11 Å². The zero-order valence-corrected chi connectivity index (χ0v) is 15.5. The highest BCUT2D eigenvalue weighted by Gasteiger charge is 2.08. The Bertz CT molecular complexity index is 939. The van der Waals surface area contributed by atoms with Crippen LogP contribution in [0.3, 0.4) is 0 Å². The molecule has 1 N–H and O–H groups in total. The predicted molar refractivity (Wildman–Crippen MR) is 105 cm³/mol. The van der Waals surface area contributed by atoms with Crippen LogP contribution < -0.4 is 0 Å². The van der Waals surface area contributed by atoms with Gasteiger partial charge in [-0.25, -0.2) is 4.98 Å². The fourth-order valence-electron chi connectivity index (χ4n) is 3.13. The second-order valence-corrected chi connectivity index (χ2v) is 6.87. The van der Waals surface area contributed by atoms with Crippen LogP contribution in [0.2, 0.25) is 0 Å². The maximum atomic E-state index is 10.3. The molecule has 0 spiro atoms. The standard InChI is InChI=1S/C23H24N2O/c1-17-5-4-6-21(10-17)15-25-16-24-14-22(25)13-23(26)8-7-20-11-18(2)9-19(3)12-20/h4-6,9-12,14,16,23,26H,13,15H2,1-3H3. The molecule has 0 aliphatic heterocycles. The Kier molecular flexibility index (Phi) is 5.55. The van der Waals surface area contributed by atoms with Crippen LogP contribution in [0.1, 0.15) is 33.5 Å². The number of benzene rings is 2.